The standard InChI is InChI=1S/C28H42N2O2/c1-19(2)20-10-12-22(13-11-20)30-24-9-7-6-8-23(24)26(21-14-16-29-17-15-21)25(30)18-32-27(31)28(3,4)5/h6-9,19-22,29H,10-18H2,1-5H3/t20-,22+. The molecule has 2 fully saturated rings. The summed E-state index contributed by atoms with van der Waals surface area (Å²) in [5.74, 6) is 2.00. The van der Waals surface area contributed by atoms with Crippen molar-refractivity contribution >= 4 is 16.9 Å². The van der Waals surface area contributed by atoms with Crippen molar-refractivity contribution in [3.63, 3.8) is 0 Å². The minimum atomic E-state index is -0.485. The molecule has 1 aromatic carbocycles. The van der Waals surface area contributed by atoms with Crippen LogP contribution in [0.25, 0.3) is 10.9 Å². The third-order valence-electron chi connectivity index (χ3n) is 7.80. The van der Waals surface area contributed by atoms with Crippen molar-refractivity contribution < 1.29 is 9.53 Å². The first-order valence-corrected chi connectivity index (χ1v) is 12.8. The van der Waals surface area contributed by atoms with E-state index in [1.54, 1.807) is 0 Å². The number of carbonyl (C=O) groups is 1. The summed E-state index contributed by atoms with van der Waals surface area (Å²) in [5.41, 5.74) is 3.54. The normalized spacial score (nSPS) is 23.1. The van der Waals surface area contributed by atoms with Crippen LogP contribution in [0.4, 0.5) is 0 Å². The Morgan fingerprint density at radius 2 is 1.72 bits per heavy atom. The van der Waals surface area contributed by atoms with Gasteiger partial charge in [0.1, 0.15) is 6.61 Å². The summed E-state index contributed by atoms with van der Waals surface area (Å²) in [6, 6.07) is 9.39. The molecule has 2 aliphatic rings. The average Bonchev–Trinajstić information content (AvgIpc) is 3.11. The molecule has 1 saturated carbocycles. The number of para-hydroxylation sites is 1. The maximum Gasteiger partial charge on any atom is 0.311 e. The summed E-state index contributed by atoms with van der Waals surface area (Å²) in [6.07, 6.45) is 7.31. The van der Waals surface area contributed by atoms with Gasteiger partial charge in [-0.2, -0.15) is 0 Å². The Morgan fingerprint density at radius 3 is 2.34 bits per heavy atom. The maximum absolute atomic E-state index is 12.7. The predicted octanol–water partition coefficient (Wildman–Crippen LogP) is 6.58. The zero-order chi connectivity index (χ0) is 22.9. The molecular weight excluding hydrogens is 396 g/mol. The van der Waals surface area contributed by atoms with Gasteiger partial charge in [-0.1, -0.05) is 32.0 Å². The second-order valence-corrected chi connectivity index (χ2v) is 11.4. The van der Waals surface area contributed by atoms with Crippen LogP contribution in [0.5, 0.6) is 0 Å². The molecule has 0 atom stereocenters. The van der Waals surface area contributed by atoms with Crippen molar-refractivity contribution in [2.45, 2.75) is 91.7 Å². The number of carbonyl (C=O) groups excluding carboxylic acids is 1. The molecule has 32 heavy (non-hydrogen) atoms. The van der Waals surface area contributed by atoms with Crippen molar-refractivity contribution in [1.29, 1.82) is 0 Å². The number of piperidine rings is 1. The fourth-order valence-electron chi connectivity index (χ4n) is 5.85. The van der Waals surface area contributed by atoms with Crippen molar-refractivity contribution in [2.24, 2.45) is 17.3 Å². The van der Waals surface area contributed by atoms with E-state index in [1.165, 1.54) is 47.8 Å². The van der Waals surface area contributed by atoms with Gasteiger partial charge >= 0.3 is 5.97 Å². The quantitative estimate of drug-likeness (QED) is 0.536. The van der Waals surface area contributed by atoms with Gasteiger partial charge in [-0.05, 0) is 102 Å². The highest BCUT2D eigenvalue weighted by molar-refractivity contribution is 5.86. The van der Waals surface area contributed by atoms with Crippen LogP contribution in [0.15, 0.2) is 24.3 Å². The van der Waals surface area contributed by atoms with E-state index in [0.29, 0.717) is 18.6 Å². The van der Waals surface area contributed by atoms with Crippen LogP contribution in [0.3, 0.4) is 0 Å². The van der Waals surface area contributed by atoms with Crippen LogP contribution >= 0.6 is 0 Å². The lowest BCUT2D eigenvalue weighted by Crippen LogP contribution is -2.28. The van der Waals surface area contributed by atoms with Gasteiger partial charge in [-0.15, -0.1) is 0 Å². The fourth-order valence-corrected chi connectivity index (χ4v) is 5.85. The Bertz CT molecular complexity index is 923. The number of esters is 1. The molecular formula is C28H42N2O2. The van der Waals surface area contributed by atoms with Crippen LogP contribution < -0.4 is 5.32 Å². The molecule has 1 N–H and O–H groups in total. The van der Waals surface area contributed by atoms with Gasteiger partial charge in [-0.25, -0.2) is 0 Å². The molecule has 4 heteroatoms. The molecule has 0 amide bonds. The van der Waals surface area contributed by atoms with Crippen LogP contribution in [0, 0.1) is 17.3 Å². The minimum absolute atomic E-state index is 0.117. The highest BCUT2D eigenvalue weighted by Crippen LogP contribution is 2.43. The summed E-state index contributed by atoms with van der Waals surface area (Å²) in [7, 11) is 0. The summed E-state index contributed by atoms with van der Waals surface area (Å²) >= 11 is 0. The summed E-state index contributed by atoms with van der Waals surface area (Å²) in [4.78, 5) is 12.7. The average molecular weight is 439 g/mol. The first-order chi connectivity index (χ1) is 15.3. The van der Waals surface area contributed by atoms with E-state index in [-0.39, 0.29) is 5.97 Å². The third-order valence-corrected chi connectivity index (χ3v) is 7.80. The first-order valence-electron chi connectivity index (χ1n) is 12.8. The Morgan fingerprint density at radius 1 is 1.06 bits per heavy atom. The smallest absolute Gasteiger partial charge is 0.311 e. The zero-order valence-corrected chi connectivity index (χ0v) is 20.7. The number of hydrogen-bond donors (Lipinski definition) is 1. The van der Waals surface area contributed by atoms with Crippen molar-refractivity contribution in [1.82, 2.24) is 9.88 Å². The lowest BCUT2D eigenvalue weighted by atomic mass is 9.79. The number of nitrogens with zero attached hydrogens (tertiary/aromatic N) is 1. The van der Waals surface area contributed by atoms with Crippen LogP contribution in [0.1, 0.15) is 96.4 Å². The second-order valence-electron chi connectivity index (χ2n) is 11.4. The molecule has 1 aromatic heterocycles. The lowest BCUT2D eigenvalue weighted by Gasteiger charge is -2.33. The summed E-state index contributed by atoms with van der Waals surface area (Å²) in [5, 5.41) is 4.88. The molecule has 2 aromatic rings. The van der Waals surface area contributed by atoms with Gasteiger partial charge in [-0.3, -0.25) is 4.79 Å². The number of nitrogens with one attached hydrogen (secondary N) is 1. The molecule has 2 heterocycles. The van der Waals surface area contributed by atoms with Crippen LogP contribution in [-0.2, 0) is 16.1 Å². The highest BCUT2D eigenvalue weighted by atomic mass is 16.5. The van der Waals surface area contributed by atoms with Gasteiger partial charge in [0.25, 0.3) is 0 Å². The first kappa shape index (κ1) is 23.4. The van der Waals surface area contributed by atoms with Crippen LogP contribution in [-0.4, -0.2) is 23.6 Å². The Hall–Kier alpha value is -1.81. The molecule has 1 aliphatic heterocycles. The lowest BCUT2D eigenvalue weighted by molar-refractivity contribution is -0.154. The highest BCUT2D eigenvalue weighted by Gasteiger charge is 2.32. The number of benzene rings is 1. The molecule has 0 radical (unpaired) electrons. The molecule has 0 spiro atoms. The van der Waals surface area contributed by atoms with E-state index in [4.69, 9.17) is 4.74 Å². The Kier molecular flexibility index (Phi) is 7.00. The number of ether oxygens (including phenoxy) is 1. The number of aromatic nitrogens is 1. The number of fused-ring (bicyclic) bond motifs is 1. The third kappa shape index (κ3) is 4.76. The van der Waals surface area contributed by atoms with E-state index in [0.717, 1.165) is 37.8 Å². The second kappa shape index (κ2) is 9.59. The SMILES string of the molecule is CC(C)[C@H]1CC[C@@H](n2c(COC(=O)C(C)(C)C)c(C3CCNCC3)c3ccccc32)CC1. The Balaban J connectivity index is 1.75. The van der Waals surface area contributed by atoms with E-state index in [2.05, 4.69) is 48.0 Å². The van der Waals surface area contributed by atoms with Gasteiger partial charge in [0.2, 0.25) is 0 Å². The fraction of sp³-hybridized carbons (Fsp3) is 0.679. The summed E-state index contributed by atoms with van der Waals surface area (Å²) in [6.45, 7) is 13.0. The topological polar surface area (TPSA) is 43.3 Å². The van der Waals surface area contributed by atoms with E-state index in [9.17, 15) is 4.79 Å². The zero-order valence-electron chi connectivity index (χ0n) is 20.7. The van der Waals surface area contributed by atoms with Gasteiger partial charge < -0.3 is 14.6 Å². The van der Waals surface area contributed by atoms with Gasteiger partial charge in [0, 0.05) is 16.9 Å². The molecule has 4 rings (SSSR count). The molecule has 0 bridgehead atoms. The van der Waals surface area contributed by atoms with Crippen molar-refractivity contribution in [3.05, 3.63) is 35.5 Å². The predicted molar refractivity (Wildman–Crippen MR) is 132 cm³/mol. The van der Waals surface area contributed by atoms with Gasteiger partial charge in [0.05, 0.1) is 11.1 Å². The monoisotopic (exact) mass is 438 g/mol. The van der Waals surface area contributed by atoms with Crippen LogP contribution in [0.2, 0.25) is 0 Å². The number of rotatable bonds is 5. The van der Waals surface area contributed by atoms with Crippen molar-refractivity contribution in [3.8, 4) is 0 Å². The number of hydrogen-bond acceptors (Lipinski definition) is 3. The molecule has 176 valence electrons. The largest absolute Gasteiger partial charge is 0.459 e. The van der Waals surface area contributed by atoms with Gasteiger partial charge in [0.15, 0.2) is 0 Å². The van der Waals surface area contributed by atoms with E-state index in [1.807, 2.05) is 20.8 Å². The maximum atomic E-state index is 12.7. The molecule has 0 unspecified atom stereocenters. The van der Waals surface area contributed by atoms with E-state index < -0.39 is 5.41 Å². The summed E-state index contributed by atoms with van der Waals surface area (Å²) < 4.78 is 8.55. The minimum Gasteiger partial charge on any atom is -0.459 e. The Labute approximate surface area is 194 Å². The molecule has 4 nitrogen and oxygen atoms in total. The van der Waals surface area contributed by atoms with E-state index >= 15 is 0 Å². The molecule has 1 saturated heterocycles. The van der Waals surface area contributed by atoms with Crippen molar-refractivity contribution in [2.75, 3.05) is 13.1 Å². The molecule has 1 aliphatic carbocycles.